The SMILES string of the molecule is CC(C)(C(=O)Nc1ccc2c(c1)OCO2)N(Cc1cccnc1)C(=O)CN1C(=O)C(=O)c2ccccc21. The lowest BCUT2D eigenvalue weighted by Crippen LogP contribution is -2.57. The lowest BCUT2D eigenvalue weighted by atomic mass is 9.99. The minimum absolute atomic E-state index is 0.0614. The topological polar surface area (TPSA) is 118 Å². The summed E-state index contributed by atoms with van der Waals surface area (Å²) in [6.07, 6.45) is 3.21. The molecule has 0 spiro atoms. The molecule has 188 valence electrons. The average Bonchev–Trinajstić information content (AvgIpc) is 3.46. The molecule has 0 fully saturated rings. The summed E-state index contributed by atoms with van der Waals surface area (Å²) in [5.41, 5.74) is 0.443. The van der Waals surface area contributed by atoms with Crippen LogP contribution >= 0.6 is 0 Å². The summed E-state index contributed by atoms with van der Waals surface area (Å²) < 4.78 is 10.7. The van der Waals surface area contributed by atoms with Gasteiger partial charge in [-0.2, -0.15) is 0 Å². The number of Topliss-reactive ketones (excluding diaryl/α,β-unsaturated/α-hetero) is 1. The summed E-state index contributed by atoms with van der Waals surface area (Å²) in [6, 6.07) is 15.1. The molecule has 0 unspecified atom stereocenters. The number of aromatic nitrogens is 1. The number of carbonyl (C=O) groups is 4. The van der Waals surface area contributed by atoms with E-state index in [-0.39, 0.29) is 18.9 Å². The van der Waals surface area contributed by atoms with Crippen LogP contribution in [0.4, 0.5) is 11.4 Å². The average molecular weight is 501 g/mol. The van der Waals surface area contributed by atoms with Gasteiger partial charge in [-0.05, 0) is 49.7 Å². The predicted octanol–water partition coefficient (Wildman–Crippen LogP) is 2.79. The standard InChI is InChI=1S/C27H24N4O6/c1-27(2,26(35)29-18-9-10-21-22(12-18)37-16-36-21)31(14-17-6-5-11-28-13-17)23(32)15-30-20-8-4-3-7-19(20)24(33)25(30)34/h3-13H,14-16H2,1-2H3,(H,29,35). The van der Waals surface area contributed by atoms with Crippen LogP contribution in [0.2, 0.25) is 0 Å². The maximum atomic E-state index is 13.7. The fourth-order valence-corrected chi connectivity index (χ4v) is 4.28. The van der Waals surface area contributed by atoms with E-state index in [1.54, 1.807) is 80.8 Å². The van der Waals surface area contributed by atoms with Crippen molar-refractivity contribution < 1.29 is 28.7 Å². The second-order valence-corrected chi connectivity index (χ2v) is 9.16. The Balaban J connectivity index is 1.42. The molecule has 0 bridgehead atoms. The Morgan fingerprint density at radius 1 is 1.05 bits per heavy atom. The molecule has 0 radical (unpaired) electrons. The van der Waals surface area contributed by atoms with E-state index in [0.29, 0.717) is 28.4 Å². The van der Waals surface area contributed by atoms with Crippen molar-refractivity contribution in [1.29, 1.82) is 0 Å². The summed E-state index contributed by atoms with van der Waals surface area (Å²) in [6.45, 7) is 3.00. The van der Waals surface area contributed by atoms with Gasteiger partial charge in [0.05, 0.1) is 11.3 Å². The smallest absolute Gasteiger partial charge is 0.299 e. The Kier molecular flexibility index (Phi) is 6.08. The molecule has 10 heteroatoms. The van der Waals surface area contributed by atoms with E-state index in [2.05, 4.69) is 10.3 Å². The first-order valence-electron chi connectivity index (χ1n) is 11.6. The fourth-order valence-electron chi connectivity index (χ4n) is 4.28. The number of hydrogen-bond donors (Lipinski definition) is 1. The molecule has 2 aromatic carbocycles. The lowest BCUT2D eigenvalue weighted by molar-refractivity contribution is -0.143. The molecule has 0 atom stereocenters. The van der Waals surface area contributed by atoms with Crippen LogP contribution in [0.3, 0.4) is 0 Å². The Hall–Kier alpha value is -4.73. The molecule has 3 heterocycles. The third-order valence-electron chi connectivity index (χ3n) is 6.40. The number of nitrogens with one attached hydrogen (secondary N) is 1. The third-order valence-corrected chi connectivity index (χ3v) is 6.40. The molecule has 2 aliphatic rings. The Morgan fingerprint density at radius 3 is 2.62 bits per heavy atom. The van der Waals surface area contributed by atoms with Gasteiger partial charge in [0.15, 0.2) is 11.5 Å². The van der Waals surface area contributed by atoms with E-state index in [1.807, 2.05) is 0 Å². The maximum absolute atomic E-state index is 13.7. The van der Waals surface area contributed by atoms with Crippen LogP contribution in [0.15, 0.2) is 67.0 Å². The number of nitrogens with zero attached hydrogens (tertiary/aromatic N) is 3. The molecule has 3 amide bonds. The van der Waals surface area contributed by atoms with Crippen molar-refractivity contribution in [3.63, 3.8) is 0 Å². The number of para-hydroxylation sites is 1. The number of ether oxygens (including phenoxy) is 2. The first-order chi connectivity index (χ1) is 17.8. The highest BCUT2D eigenvalue weighted by Gasteiger charge is 2.42. The summed E-state index contributed by atoms with van der Waals surface area (Å²) >= 11 is 0. The minimum Gasteiger partial charge on any atom is -0.454 e. The number of pyridine rings is 1. The molecule has 1 N–H and O–H groups in total. The summed E-state index contributed by atoms with van der Waals surface area (Å²) in [5.74, 6) is -1.31. The van der Waals surface area contributed by atoms with Crippen molar-refractivity contribution in [3.8, 4) is 11.5 Å². The Bertz CT molecular complexity index is 1410. The predicted molar refractivity (Wildman–Crippen MR) is 133 cm³/mol. The molecule has 2 aliphatic heterocycles. The van der Waals surface area contributed by atoms with Crippen LogP contribution in [0.1, 0.15) is 29.8 Å². The summed E-state index contributed by atoms with van der Waals surface area (Å²) in [5, 5.41) is 2.84. The number of hydrogen-bond acceptors (Lipinski definition) is 7. The zero-order valence-electron chi connectivity index (χ0n) is 20.3. The van der Waals surface area contributed by atoms with E-state index < -0.39 is 35.6 Å². The molecule has 3 aromatic rings. The van der Waals surface area contributed by atoms with Crippen molar-refractivity contribution >= 4 is 34.9 Å². The van der Waals surface area contributed by atoms with E-state index >= 15 is 0 Å². The second-order valence-electron chi connectivity index (χ2n) is 9.16. The molecular formula is C27H24N4O6. The van der Waals surface area contributed by atoms with Crippen LogP contribution in [-0.2, 0) is 20.9 Å². The van der Waals surface area contributed by atoms with E-state index in [1.165, 1.54) is 4.90 Å². The quantitative estimate of drug-likeness (QED) is 0.496. The highest BCUT2D eigenvalue weighted by molar-refractivity contribution is 6.52. The number of ketones is 1. The van der Waals surface area contributed by atoms with Gasteiger partial charge in [0, 0.05) is 30.7 Å². The van der Waals surface area contributed by atoms with Gasteiger partial charge >= 0.3 is 0 Å². The Labute approximate surface area is 212 Å². The molecular weight excluding hydrogens is 476 g/mol. The van der Waals surface area contributed by atoms with Gasteiger partial charge in [0.1, 0.15) is 12.1 Å². The van der Waals surface area contributed by atoms with Gasteiger partial charge in [-0.3, -0.25) is 29.1 Å². The minimum atomic E-state index is -1.35. The van der Waals surface area contributed by atoms with Crippen molar-refractivity contribution in [2.45, 2.75) is 25.9 Å². The number of anilines is 2. The highest BCUT2D eigenvalue weighted by Crippen LogP contribution is 2.35. The van der Waals surface area contributed by atoms with Crippen molar-refractivity contribution in [2.24, 2.45) is 0 Å². The highest BCUT2D eigenvalue weighted by atomic mass is 16.7. The number of benzene rings is 2. The first kappa shape index (κ1) is 24.0. The van der Waals surface area contributed by atoms with E-state index in [0.717, 1.165) is 4.90 Å². The maximum Gasteiger partial charge on any atom is 0.299 e. The number of rotatable bonds is 7. The third kappa shape index (κ3) is 4.49. The molecule has 37 heavy (non-hydrogen) atoms. The van der Waals surface area contributed by atoms with Crippen LogP contribution < -0.4 is 19.7 Å². The zero-order valence-corrected chi connectivity index (χ0v) is 20.3. The molecule has 5 rings (SSSR count). The van der Waals surface area contributed by atoms with E-state index in [4.69, 9.17) is 9.47 Å². The Morgan fingerprint density at radius 2 is 1.84 bits per heavy atom. The number of carbonyl (C=O) groups excluding carboxylic acids is 4. The fraction of sp³-hybridized carbons (Fsp3) is 0.222. The van der Waals surface area contributed by atoms with Gasteiger partial charge < -0.3 is 19.7 Å². The van der Waals surface area contributed by atoms with Gasteiger partial charge in [0.25, 0.3) is 11.7 Å². The van der Waals surface area contributed by atoms with Crippen molar-refractivity contribution in [2.75, 3.05) is 23.6 Å². The zero-order chi connectivity index (χ0) is 26.2. The normalized spacial score (nSPS) is 13.9. The monoisotopic (exact) mass is 500 g/mol. The van der Waals surface area contributed by atoms with Crippen LogP contribution in [-0.4, -0.2) is 52.3 Å². The van der Waals surface area contributed by atoms with Crippen LogP contribution in [0.5, 0.6) is 11.5 Å². The van der Waals surface area contributed by atoms with Crippen molar-refractivity contribution in [1.82, 2.24) is 9.88 Å². The van der Waals surface area contributed by atoms with Crippen LogP contribution in [0, 0.1) is 0 Å². The molecule has 0 aliphatic carbocycles. The summed E-state index contributed by atoms with van der Waals surface area (Å²) in [7, 11) is 0. The molecule has 0 saturated carbocycles. The van der Waals surface area contributed by atoms with Gasteiger partial charge in [-0.25, -0.2) is 0 Å². The molecule has 10 nitrogen and oxygen atoms in total. The first-order valence-corrected chi connectivity index (χ1v) is 11.6. The molecule has 0 saturated heterocycles. The number of amides is 3. The van der Waals surface area contributed by atoms with Gasteiger partial charge in [0.2, 0.25) is 18.6 Å². The van der Waals surface area contributed by atoms with Crippen LogP contribution in [0.25, 0.3) is 0 Å². The van der Waals surface area contributed by atoms with E-state index in [9.17, 15) is 19.2 Å². The molecule has 1 aromatic heterocycles. The van der Waals surface area contributed by atoms with Crippen molar-refractivity contribution in [3.05, 3.63) is 78.1 Å². The van der Waals surface area contributed by atoms with Gasteiger partial charge in [-0.1, -0.05) is 18.2 Å². The lowest BCUT2D eigenvalue weighted by Gasteiger charge is -2.38. The number of fused-ring (bicyclic) bond motifs is 2. The largest absolute Gasteiger partial charge is 0.454 e. The summed E-state index contributed by atoms with van der Waals surface area (Å²) in [4.78, 5) is 59.0. The second kappa shape index (κ2) is 9.38. The van der Waals surface area contributed by atoms with Gasteiger partial charge in [-0.15, -0.1) is 0 Å².